The molecule has 164 valence electrons. The lowest BCUT2D eigenvalue weighted by Crippen LogP contribution is -2.30. The molecular formula is C24H21FN2O5. The smallest absolute Gasteiger partial charge is 0.339 e. The van der Waals surface area contributed by atoms with Gasteiger partial charge in [-0.25, -0.2) is 9.18 Å². The molecule has 0 heterocycles. The van der Waals surface area contributed by atoms with Crippen LogP contribution in [0.15, 0.2) is 72.8 Å². The normalized spacial score (nSPS) is 11.3. The number of nitrogens with one attached hydrogen (secondary N) is 1. The van der Waals surface area contributed by atoms with Gasteiger partial charge in [0.2, 0.25) is 5.91 Å². The molecule has 0 aromatic heterocycles. The molecule has 0 bridgehead atoms. The first kappa shape index (κ1) is 22.5. The SMILES string of the molecule is CC(OC(=O)c1cccc(OCc2ccc(F)cc2)c1)C(=O)Nc1ccc(C(N)=O)cc1. The van der Waals surface area contributed by atoms with Gasteiger partial charge in [-0.15, -0.1) is 0 Å². The van der Waals surface area contributed by atoms with Gasteiger partial charge in [0, 0.05) is 11.3 Å². The maximum Gasteiger partial charge on any atom is 0.339 e. The van der Waals surface area contributed by atoms with Crippen molar-refractivity contribution in [2.24, 2.45) is 5.73 Å². The zero-order chi connectivity index (χ0) is 23.1. The van der Waals surface area contributed by atoms with Crippen molar-refractivity contribution in [2.45, 2.75) is 19.6 Å². The van der Waals surface area contributed by atoms with Gasteiger partial charge in [-0.05, 0) is 67.1 Å². The monoisotopic (exact) mass is 436 g/mol. The van der Waals surface area contributed by atoms with E-state index in [1.54, 1.807) is 30.3 Å². The van der Waals surface area contributed by atoms with Crippen molar-refractivity contribution in [3.63, 3.8) is 0 Å². The molecule has 8 heteroatoms. The molecule has 32 heavy (non-hydrogen) atoms. The molecule has 1 unspecified atom stereocenters. The first-order chi connectivity index (χ1) is 15.3. The Labute approximate surface area is 184 Å². The highest BCUT2D eigenvalue weighted by atomic mass is 19.1. The minimum atomic E-state index is -1.07. The number of rotatable bonds is 8. The maximum absolute atomic E-state index is 13.0. The fraction of sp³-hybridized carbons (Fsp3) is 0.125. The fourth-order valence-electron chi connectivity index (χ4n) is 2.70. The number of esters is 1. The number of ether oxygens (including phenoxy) is 2. The third-order valence-corrected chi connectivity index (χ3v) is 4.48. The van der Waals surface area contributed by atoms with E-state index in [4.69, 9.17) is 15.2 Å². The first-order valence-electron chi connectivity index (χ1n) is 9.71. The van der Waals surface area contributed by atoms with Crippen LogP contribution in [-0.4, -0.2) is 23.9 Å². The van der Waals surface area contributed by atoms with Crippen LogP contribution in [0.25, 0.3) is 0 Å². The van der Waals surface area contributed by atoms with Crippen molar-refractivity contribution >= 4 is 23.5 Å². The number of nitrogens with two attached hydrogens (primary N) is 1. The first-order valence-corrected chi connectivity index (χ1v) is 9.71. The van der Waals surface area contributed by atoms with Crippen LogP contribution in [0, 0.1) is 5.82 Å². The van der Waals surface area contributed by atoms with Crippen LogP contribution in [0.3, 0.4) is 0 Å². The second-order valence-corrected chi connectivity index (χ2v) is 6.92. The lowest BCUT2D eigenvalue weighted by Gasteiger charge is -2.14. The lowest BCUT2D eigenvalue weighted by molar-refractivity contribution is -0.123. The molecule has 3 aromatic carbocycles. The average Bonchev–Trinajstić information content (AvgIpc) is 2.79. The predicted octanol–water partition coefficient (Wildman–Crippen LogP) is 3.69. The summed E-state index contributed by atoms with van der Waals surface area (Å²) < 4.78 is 23.9. The molecule has 0 saturated carbocycles. The van der Waals surface area contributed by atoms with Crippen molar-refractivity contribution in [3.8, 4) is 5.75 Å². The summed E-state index contributed by atoms with van der Waals surface area (Å²) in [5.74, 6) is -1.71. The Morgan fingerprint density at radius 1 is 0.969 bits per heavy atom. The predicted molar refractivity (Wildman–Crippen MR) is 116 cm³/mol. The zero-order valence-electron chi connectivity index (χ0n) is 17.2. The largest absolute Gasteiger partial charge is 0.489 e. The van der Waals surface area contributed by atoms with Crippen LogP contribution in [0.1, 0.15) is 33.2 Å². The number of hydrogen-bond donors (Lipinski definition) is 2. The van der Waals surface area contributed by atoms with Gasteiger partial charge in [-0.3, -0.25) is 9.59 Å². The summed E-state index contributed by atoms with van der Waals surface area (Å²) in [7, 11) is 0. The Kier molecular flexibility index (Phi) is 7.17. The molecule has 0 aliphatic heterocycles. The second kappa shape index (κ2) is 10.2. The van der Waals surface area contributed by atoms with E-state index >= 15 is 0 Å². The topological polar surface area (TPSA) is 108 Å². The Morgan fingerprint density at radius 2 is 1.66 bits per heavy atom. The van der Waals surface area contributed by atoms with Gasteiger partial charge in [-0.2, -0.15) is 0 Å². The van der Waals surface area contributed by atoms with E-state index in [1.807, 2.05) is 0 Å². The molecule has 0 aliphatic carbocycles. The molecule has 0 aliphatic rings. The highest BCUT2D eigenvalue weighted by Crippen LogP contribution is 2.17. The molecule has 0 fully saturated rings. The van der Waals surface area contributed by atoms with Crippen LogP contribution in [0.4, 0.5) is 10.1 Å². The van der Waals surface area contributed by atoms with E-state index in [9.17, 15) is 18.8 Å². The van der Waals surface area contributed by atoms with Crippen LogP contribution < -0.4 is 15.8 Å². The van der Waals surface area contributed by atoms with E-state index in [0.717, 1.165) is 5.56 Å². The quantitative estimate of drug-likeness (QED) is 0.524. The maximum atomic E-state index is 13.0. The summed E-state index contributed by atoms with van der Waals surface area (Å²) >= 11 is 0. The van der Waals surface area contributed by atoms with E-state index in [0.29, 0.717) is 17.0 Å². The van der Waals surface area contributed by atoms with E-state index < -0.39 is 23.9 Å². The van der Waals surface area contributed by atoms with E-state index in [2.05, 4.69) is 5.32 Å². The van der Waals surface area contributed by atoms with Gasteiger partial charge >= 0.3 is 5.97 Å². The van der Waals surface area contributed by atoms with Crippen molar-refractivity contribution in [1.82, 2.24) is 0 Å². The fourth-order valence-corrected chi connectivity index (χ4v) is 2.70. The van der Waals surface area contributed by atoms with Crippen LogP contribution in [0.5, 0.6) is 5.75 Å². The third kappa shape index (κ3) is 6.15. The number of benzene rings is 3. The second-order valence-electron chi connectivity index (χ2n) is 6.92. The minimum absolute atomic E-state index is 0.201. The molecule has 3 rings (SSSR count). The molecular weight excluding hydrogens is 415 g/mol. The number of carbonyl (C=O) groups is 3. The Morgan fingerprint density at radius 3 is 2.31 bits per heavy atom. The van der Waals surface area contributed by atoms with E-state index in [-0.39, 0.29) is 18.0 Å². The molecule has 3 N–H and O–H groups in total. The minimum Gasteiger partial charge on any atom is -0.489 e. The highest BCUT2D eigenvalue weighted by molar-refractivity contribution is 5.98. The number of carbonyl (C=O) groups excluding carboxylic acids is 3. The van der Waals surface area contributed by atoms with Gasteiger partial charge < -0.3 is 20.5 Å². The summed E-state index contributed by atoms with van der Waals surface area (Å²) in [4.78, 5) is 35.9. The molecule has 7 nitrogen and oxygen atoms in total. The van der Waals surface area contributed by atoms with Crippen LogP contribution >= 0.6 is 0 Å². The van der Waals surface area contributed by atoms with Gasteiger partial charge in [0.15, 0.2) is 6.10 Å². The number of anilines is 1. The van der Waals surface area contributed by atoms with Gasteiger partial charge in [0.25, 0.3) is 5.91 Å². The molecule has 1 atom stereocenters. The summed E-state index contributed by atoms with van der Waals surface area (Å²) in [5.41, 5.74) is 6.91. The number of hydrogen-bond acceptors (Lipinski definition) is 5. The van der Waals surface area contributed by atoms with E-state index in [1.165, 1.54) is 49.4 Å². The number of primary amides is 1. The third-order valence-electron chi connectivity index (χ3n) is 4.48. The number of amides is 2. The van der Waals surface area contributed by atoms with Crippen molar-refractivity contribution < 1.29 is 28.2 Å². The number of halogens is 1. The molecule has 2 amide bonds. The Hall–Kier alpha value is -4.20. The Balaban J connectivity index is 1.56. The van der Waals surface area contributed by atoms with Crippen molar-refractivity contribution in [1.29, 1.82) is 0 Å². The molecule has 0 saturated heterocycles. The lowest BCUT2D eigenvalue weighted by atomic mass is 10.2. The van der Waals surface area contributed by atoms with Gasteiger partial charge in [0.05, 0.1) is 5.56 Å². The van der Waals surface area contributed by atoms with Crippen molar-refractivity contribution in [2.75, 3.05) is 5.32 Å². The zero-order valence-corrected chi connectivity index (χ0v) is 17.2. The van der Waals surface area contributed by atoms with Crippen molar-refractivity contribution in [3.05, 3.63) is 95.3 Å². The summed E-state index contributed by atoms with van der Waals surface area (Å²) in [6.07, 6.45) is -1.07. The Bertz CT molecular complexity index is 1110. The highest BCUT2D eigenvalue weighted by Gasteiger charge is 2.19. The van der Waals surface area contributed by atoms with Crippen LogP contribution in [-0.2, 0) is 16.1 Å². The molecule has 3 aromatic rings. The standard InChI is InChI=1S/C24H21FN2O5/c1-15(23(29)27-20-11-7-17(8-12-20)22(26)28)32-24(30)18-3-2-4-21(13-18)31-14-16-5-9-19(25)10-6-16/h2-13,15H,14H2,1H3,(H2,26,28)(H,27,29). The van der Waals surface area contributed by atoms with Gasteiger partial charge in [0.1, 0.15) is 18.2 Å². The summed E-state index contributed by atoms with van der Waals surface area (Å²) in [5, 5.41) is 2.60. The average molecular weight is 436 g/mol. The summed E-state index contributed by atoms with van der Waals surface area (Å²) in [6.45, 7) is 1.64. The van der Waals surface area contributed by atoms with Crippen LogP contribution in [0.2, 0.25) is 0 Å². The van der Waals surface area contributed by atoms with Gasteiger partial charge in [-0.1, -0.05) is 18.2 Å². The molecule has 0 radical (unpaired) electrons. The summed E-state index contributed by atoms with van der Waals surface area (Å²) in [6, 6.07) is 18.2. The molecule has 0 spiro atoms.